The van der Waals surface area contributed by atoms with Gasteiger partial charge in [-0.25, -0.2) is 34.7 Å². The van der Waals surface area contributed by atoms with Gasteiger partial charge in [0.2, 0.25) is 5.69 Å². The predicted octanol–water partition coefficient (Wildman–Crippen LogP) is 10.9. The highest BCUT2D eigenvalue weighted by Crippen LogP contribution is 2.46. The van der Waals surface area contributed by atoms with Crippen LogP contribution >= 0.6 is 0 Å². The first-order chi connectivity index (χ1) is 28.3. The molecule has 0 atom stereocenters. The molecule has 0 radical (unpaired) electrons. The normalized spacial score (nSPS) is 11.4. The van der Waals surface area contributed by atoms with Crippen molar-refractivity contribution in [2.24, 2.45) is 0 Å². The van der Waals surface area contributed by atoms with Gasteiger partial charge in [0, 0.05) is 32.7 Å². The van der Waals surface area contributed by atoms with E-state index >= 15 is 0 Å². The molecule has 0 saturated carbocycles. The van der Waals surface area contributed by atoms with Gasteiger partial charge in [0.1, 0.15) is 23.3 Å². The summed E-state index contributed by atoms with van der Waals surface area (Å²) in [6, 6.07) is 43.0. The van der Waals surface area contributed by atoms with Crippen molar-refractivity contribution in [1.82, 2.24) is 39.0 Å². The molecular weight excluding hydrogens is 717 g/mol. The van der Waals surface area contributed by atoms with Crippen LogP contribution in [0.15, 0.2) is 121 Å². The summed E-state index contributed by atoms with van der Waals surface area (Å²) in [5.74, 6) is 3.74. The fourth-order valence-corrected chi connectivity index (χ4v) is 8.28. The van der Waals surface area contributed by atoms with Crippen LogP contribution in [0.25, 0.3) is 93.7 Å². The van der Waals surface area contributed by atoms with E-state index in [1.54, 1.807) is 6.07 Å². The maximum atomic E-state index is 9.99. The third kappa shape index (κ3) is 5.47. The average molecular weight is 749 g/mol. The Balaban J connectivity index is 1.34. The van der Waals surface area contributed by atoms with Crippen molar-refractivity contribution in [1.29, 1.82) is 5.26 Å². The SMILES string of the molecule is [C-]#[N+]c1c(-n2c3ccccc3c3ccc(-c4nc(C)nc(C)n4)cc32)ccc(-c2cccc(C#N)c2)c1-n1c2ccccc2c2ccc(-c3nc(C)nc(C)n3)cc21. The van der Waals surface area contributed by atoms with Gasteiger partial charge in [0.25, 0.3) is 0 Å². The largest absolute Gasteiger partial charge is 0.319 e. The highest BCUT2D eigenvalue weighted by atomic mass is 15.1. The van der Waals surface area contributed by atoms with E-state index in [1.807, 2.05) is 88.4 Å². The average Bonchev–Trinajstić information content (AvgIpc) is 3.74. The Morgan fingerprint density at radius 3 is 1.57 bits per heavy atom. The molecule has 0 N–H and O–H groups in total. The van der Waals surface area contributed by atoms with E-state index < -0.39 is 0 Å². The highest BCUT2D eigenvalue weighted by molar-refractivity contribution is 6.13. The van der Waals surface area contributed by atoms with Gasteiger partial charge in [0.05, 0.1) is 51.6 Å². The summed E-state index contributed by atoms with van der Waals surface area (Å²) in [5, 5.41) is 14.1. The zero-order valence-corrected chi connectivity index (χ0v) is 32.0. The summed E-state index contributed by atoms with van der Waals surface area (Å²) in [7, 11) is 0. The summed E-state index contributed by atoms with van der Waals surface area (Å²) in [6.45, 7) is 16.5. The number of nitriles is 1. The zero-order valence-electron chi connectivity index (χ0n) is 32.0. The van der Waals surface area contributed by atoms with Crippen LogP contribution in [-0.4, -0.2) is 39.0 Å². The van der Waals surface area contributed by atoms with E-state index in [1.165, 1.54) is 0 Å². The minimum Gasteiger partial charge on any atom is -0.319 e. The van der Waals surface area contributed by atoms with Crippen LogP contribution in [-0.2, 0) is 0 Å². The summed E-state index contributed by atoms with van der Waals surface area (Å²) in [6.07, 6.45) is 0. The van der Waals surface area contributed by atoms with Gasteiger partial charge in [-0.05, 0) is 81.3 Å². The van der Waals surface area contributed by atoms with Gasteiger partial charge >= 0.3 is 0 Å². The number of aromatic nitrogens is 8. The monoisotopic (exact) mass is 748 g/mol. The quantitative estimate of drug-likeness (QED) is 0.161. The fourth-order valence-electron chi connectivity index (χ4n) is 8.28. The lowest BCUT2D eigenvalue weighted by Crippen LogP contribution is -2.03. The maximum Gasteiger partial charge on any atom is 0.234 e. The van der Waals surface area contributed by atoms with Gasteiger partial charge in [-0.15, -0.1) is 0 Å². The van der Waals surface area contributed by atoms with E-state index in [-0.39, 0.29) is 0 Å². The second-order valence-electron chi connectivity index (χ2n) is 14.3. The van der Waals surface area contributed by atoms with Crippen LogP contribution in [0.2, 0.25) is 0 Å². The van der Waals surface area contributed by atoms with Crippen molar-refractivity contribution in [2.75, 3.05) is 0 Å². The van der Waals surface area contributed by atoms with E-state index in [4.69, 9.17) is 16.5 Å². The molecular formula is C48H32N10. The topological polar surface area (TPSA) is 115 Å². The van der Waals surface area contributed by atoms with Crippen molar-refractivity contribution in [3.8, 4) is 51.3 Å². The third-order valence-electron chi connectivity index (χ3n) is 10.6. The Morgan fingerprint density at radius 2 is 1.02 bits per heavy atom. The number of aryl methyl sites for hydroxylation is 4. The molecule has 4 heterocycles. The Morgan fingerprint density at radius 1 is 0.500 bits per heavy atom. The summed E-state index contributed by atoms with van der Waals surface area (Å²) in [4.78, 5) is 32.0. The summed E-state index contributed by atoms with van der Waals surface area (Å²) in [5.41, 5.74) is 9.37. The second kappa shape index (κ2) is 13.3. The lowest BCUT2D eigenvalue weighted by Gasteiger charge is -2.20. The Hall–Kier alpha value is -8.08. The third-order valence-corrected chi connectivity index (χ3v) is 10.6. The van der Waals surface area contributed by atoms with Crippen molar-refractivity contribution in [2.45, 2.75) is 27.7 Å². The molecule has 4 aromatic heterocycles. The minimum absolute atomic E-state index is 0.444. The molecule has 10 heteroatoms. The molecule has 10 nitrogen and oxygen atoms in total. The van der Waals surface area contributed by atoms with Crippen LogP contribution in [0.5, 0.6) is 0 Å². The van der Waals surface area contributed by atoms with Gasteiger partial charge in [-0.2, -0.15) is 5.26 Å². The van der Waals surface area contributed by atoms with Crippen LogP contribution in [0.4, 0.5) is 5.69 Å². The molecule has 0 spiro atoms. The highest BCUT2D eigenvalue weighted by Gasteiger charge is 2.25. The van der Waals surface area contributed by atoms with Gasteiger partial charge in [0.15, 0.2) is 11.6 Å². The van der Waals surface area contributed by atoms with Crippen LogP contribution < -0.4 is 0 Å². The molecule has 0 unspecified atom stereocenters. The predicted molar refractivity (Wildman–Crippen MR) is 228 cm³/mol. The van der Waals surface area contributed by atoms with Gasteiger partial charge in [-0.1, -0.05) is 78.9 Å². The van der Waals surface area contributed by atoms with Crippen molar-refractivity contribution in [3.05, 3.63) is 162 Å². The lowest BCUT2D eigenvalue weighted by atomic mass is 9.99. The molecule has 274 valence electrons. The molecule has 0 amide bonds. The van der Waals surface area contributed by atoms with E-state index in [9.17, 15) is 5.26 Å². The van der Waals surface area contributed by atoms with Gasteiger partial charge in [-0.3, -0.25) is 0 Å². The van der Waals surface area contributed by atoms with Crippen molar-refractivity contribution >= 4 is 49.3 Å². The number of rotatable bonds is 5. The lowest BCUT2D eigenvalue weighted by molar-refractivity contribution is 0.928. The summed E-state index contributed by atoms with van der Waals surface area (Å²) >= 11 is 0. The molecule has 10 aromatic rings. The Kier molecular flexibility index (Phi) is 7.89. The first-order valence-corrected chi connectivity index (χ1v) is 18.8. The van der Waals surface area contributed by atoms with Gasteiger partial charge < -0.3 is 9.13 Å². The molecule has 0 saturated heterocycles. The van der Waals surface area contributed by atoms with Crippen LogP contribution in [0, 0.1) is 45.6 Å². The number of para-hydroxylation sites is 2. The molecule has 10 rings (SSSR count). The number of benzene rings is 6. The first kappa shape index (κ1) is 34.4. The van der Waals surface area contributed by atoms with E-state index in [0.29, 0.717) is 57.6 Å². The molecule has 6 aromatic carbocycles. The molecule has 0 aliphatic heterocycles. The fraction of sp³-hybridized carbons (Fsp3) is 0.0833. The van der Waals surface area contributed by atoms with Crippen molar-refractivity contribution in [3.63, 3.8) is 0 Å². The standard InChI is InChI=1S/C48H32N10/c1-27-51-28(2)54-47(53-27)33-17-19-38-36-13-6-8-15-40(36)57(43(38)24-33)42-22-21-35(32-12-10-11-31(23-32)26-49)46(45(42)50-5)58-41-16-9-7-14-37(41)39-20-18-34(25-44(39)58)48-55-29(3)52-30(4)56-48/h6-25H,1-4H3. The molecule has 0 aliphatic carbocycles. The molecule has 0 aliphatic rings. The molecule has 0 bridgehead atoms. The number of hydrogen-bond acceptors (Lipinski definition) is 7. The Bertz CT molecular complexity index is 3390. The summed E-state index contributed by atoms with van der Waals surface area (Å²) < 4.78 is 4.37. The Labute approximate surface area is 333 Å². The second-order valence-corrected chi connectivity index (χ2v) is 14.3. The molecule has 0 fully saturated rings. The van der Waals surface area contributed by atoms with E-state index in [2.05, 4.69) is 94.6 Å². The number of fused-ring (bicyclic) bond motifs is 6. The minimum atomic E-state index is 0.444. The van der Waals surface area contributed by atoms with Crippen LogP contribution in [0.3, 0.4) is 0 Å². The first-order valence-electron chi connectivity index (χ1n) is 18.8. The smallest absolute Gasteiger partial charge is 0.234 e. The van der Waals surface area contributed by atoms with E-state index in [0.717, 1.165) is 65.9 Å². The number of hydrogen-bond donors (Lipinski definition) is 0. The zero-order chi connectivity index (χ0) is 39.7. The maximum absolute atomic E-state index is 9.99. The number of nitrogens with zero attached hydrogens (tertiary/aromatic N) is 10. The molecule has 58 heavy (non-hydrogen) atoms. The van der Waals surface area contributed by atoms with Crippen molar-refractivity contribution < 1.29 is 0 Å². The van der Waals surface area contributed by atoms with Crippen LogP contribution in [0.1, 0.15) is 28.9 Å².